The number of nitrogens with two attached hydrogens (primary N) is 1. The van der Waals surface area contributed by atoms with Gasteiger partial charge >= 0.3 is 0 Å². The van der Waals surface area contributed by atoms with Gasteiger partial charge in [0, 0.05) is 6.04 Å². The van der Waals surface area contributed by atoms with Gasteiger partial charge in [-0.3, -0.25) is 15.1 Å². The third-order valence-corrected chi connectivity index (χ3v) is 3.52. The molecule has 4 nitrogen and oxygen atoms in total. The molecule has 4 heteroatoms. The number of amides is 1. The smallest absolute Gasteiger partial charge is 0.255 e. The number of benzene rings is 1. The number of nitrogens with zero attached hydrogens (tertiary/aromatic N) is 1. The van der Waals surface area contributed by atoms with Crippen molar-refractivity contribution in [2.24, 2.45) is 11.8 Å². The maximum absolute atomic E-state index is 12.0. The van der Waals surface area contributed by atoms with E-state index in [9.17, 15) is 4.79 Å². The van der Waals surface area contributed by atoms with E-state index < -0.39 is 0 Å². The molecule has 0 radical (unpaired) electrons. The first-order valence-electron chi connectivity index (χ1n) is 6.26. The van der Waals surface area contributed by atoms with E-state index in [4.69, 9.17) is 5.84 Å². The summed E-state index contributed by atoms with van der Waals surface area (Å²) < 4.78 is 0. The Bertz CT molecular complexity index is 378. The lowest BCUT2D eigenvalue weighted by molar-refractivity contribution is -0.127. The number of carbonyl (C=O) groups excluding carboxylic acids is 1. The molecule has 3 N–H and O–H groups in total. The van der Waals surface area contributed by atoms with E-state index in [0.717, 1.165) is 5.56 Å². The second-order valence-electron chi connectivity index (χ2n) is 4.97. The highest BCUT2D eigenvalue weighted by molar-refractivity contribution is 5.82. The van der Waals surface area contributed by atoms with Gasteiger partial charge in [0.15, 0.2) is 0 Å². The van der Waals surface area contributed by atoms with Crippen LogP contribution in [0.5, 0.6) is 0 Å². The van der Waals surface area contributed by atoms with Gasteiger partial charge in [0.1, 0.15) is 6.04 Å². The fourth-order valence-electron chi connectivity index (χ4n) is 1.99. The van der Waals surface area contributed by atoms with Crippen LogP contribution in [-0.4, -0.2) is 23.9 Å². The first-order valence-corrected chi connectivity index (χ1v) is 6.26. The third-order valence-electron chi connectivity index (χ3n) is 3.52. The number of nitrogens with one attached hydrogen (secondary N) is 1. The summed E-state index contributed by atoms with van der Waals surface area (Å²) in [5.74, 6) is 5.58. The van der Waals surface area contributed by atoms with Crippen LogP contribution in [-0.2, 0) is 4.79 Å². The van der Waals surface area contributed by atoms with E-state index in [1.54, 1.807) is 0 Å². The zero-order chi connectivity index (χ0) is 13.7. The highest BCUT2D eigenvalue weighted by Gasteiger charge is 2.28. The Morgan fingerprint density at radius 2 is 1.78 bits per heavy atom. The average molecular weight is 249 g/mol. The van der Waals surface area contributed by atoms with Gasteiger partial charge in [0.05, 0.1) is 0 Å². The molecule has 0 aliphatic rings. The number of hydrazine groups is 1. The van der Waals surface area contributed by atoms with Crippen molar-refractivity contribution in [3.63, 3.8) is 0 Å². The number of likely N-dealkylation sites (N-methyl/N-ethyl adjacent to an activating group) is 1. The Labute approximate surface area is 109 Å². The van der Waals surface area contributed by atoms with Crippen LogP contribution in [0.2, 0.25) is 0 Å². The monoisotopic (exact) mass is 249 g/mol. The van der Waals surface area contributed by atoms with Gasteiger partial charge in [-0.2, -0.15) is 0 Å². The van der Waals surface area contributed by atoms with Crippen LogP contribution in [0.15, 0.2) is 30.3 Å². The lowest BCUT2D eigenvalue weighted by atomic mass is 9.99. The topological polar surface area (TPSA) is 58.4 Å². The number of hydrogen-bond donors (Lipinski definition) is 2. The summed E-state index contributed by atoms with van der Waals surface area (Å²) in [5, 5.41) is 0. The van der Waals surface area contributed by atoms with Crippen molar-refractivity contribution in [2.45, 2.75) is 32.9 Å². The molecule has 0 bridgehead atoms. The van der Waals surface area contributed by atoms with Crippen molar-refractivity contribution in [1.82, 2.24) is 10.3 Å². The summed E-state index contributed by atoms with van der Waals surface area (Å²) in [6.07, 6.45) is 0. The Balaban J connectivity index is 3.03. The van der Waals surface area contributed by atoms with Crippen molar-refractivity contribution in [1.29, 1.82) is 0 Å². The number of carbonyl (C=O) groups is 1. The third kappa shape index (κ3) is 3.31. The quantitative estimate of drug-likeness (QED) is 0.474. The molecule has 2 unspecified atom stereocenters. The minimum atomic E-state index is -0.353. The van der Waals surface area contributed by atoms with E-state index in [-0.39, 0.29) is 18.0 Å². The molecule has 1 aromatic carbocycles. The minimum absolute atomic E-state index is 0.184. The first-order chi connectivity index (χ1) is 8.49. The van der Waals surface area contributed by atoms with Crippen LogP contribution in [0.25, 0.3) is 0 Å². The van der Waals surface area contributed by atoms with Gasteiger partial charge in [-0.25, -0.2) is 5.84 Å². The van der Waals surface area contributed by atoms with Gasteiger partial charge in [-0.15, -0.1) is 0 Å². The van der Waals surface area contributed by atoms with E-state index in [1.807, 2.05) is 37.4 Å². The highest BCUT2D eigenvalue weighted by Crippen LogP contribution is 2.24. The Kier molecular flexibility index (Phi) is 5.31. The molecular formula is C14H23N3O. The molecule has 0 saturated carbocycles. The summed E-state index contributed by atoms with van der Waals surface area (Å²) in [4.78, 5) is 14.1. The van der Waals surface area contributed by atoms with Crippen LogP contribution >= 0.6 is 0 Å². The zero-order valence-electron chi connectivity index (χ0n) is 11.6. The second kappa shape index (κ2) is 6.52. The fraction of sp³-hybridized carbons (Fsp3) is 0.500. The van der Waals surface area contributed by atoms with E-state index in [0.29, 0.717) is 5.92 Å². The fourth-order valence-corrected chi connectivity index (χ4v) is 1.99. The molecule has 0 aliphatic carbocycles. The molecular weight excluding hydrogens is 226 g/mol. The number of rotatable bonds is 5. The normalized spacial score (nSPS) is 14.6. The van der Waals surface area contributed by atoms with Gasteiger partial charge in [0.25, 0.3) is 5.91 Å². The van der Waals surface area contributed by atoms with Crippen LogP contribution in [0.4, 0.5) is 0 Å². The van der Waals surface area contributed by atoms with Crippen LogP contribution in [0, 0.1) is 5.92 Å². The molecule has 0 spiro atoms. The SMILES string of the molecule is CC(C)C(C)N(C)C(C(=O)NN)c1ccccc1. The molecule has 0 saturated heterocycles. The van der Waals surface area contributed by atoms with E-state index >= 15 is 0 Å². The van der Waals surface area contributed by atoms with Crippen molar-refractivity contribution in [2.75, 3.05) is 7.05 Å². The lowest BCUT2D eigenvalue weighted by Crippen LogP contribution is -2.46. The van der Waals surface area contributed by atoms with Gasteiger partial charge in [-0.05, 0) is 25.5 Å². The Hall–Kier alpha value is -1.39. The van der Waals surface area contributed by atoms with E-state index in [2.05, 4.69) is 31.1 Å². The van der Waals surface area contributed by atoms with E-state index in [1.165, 1.54) is 0 Å². The molecule has 0 aromatic heterocycles. The summed E-state index contributed by atoms with van der Waals surface area (Å²) >= 11 is 0. The van der Waals surface area contributed by atoms with Crippen molar-refractivity contribution < 1.29 is 4.79 Å². The minimum Gasteiger partial charge on any atom is -0.293 e. The van der Waals surface area contributed by atoms with Crippen LogP contribution < -0.4 is 11.3 Å². The largest absolute Gasteiger partial charge is 0.293 e. The van der Waals surface area contributed by atoms with Gasteiger partial charge in [0.2, 0.25) is 0 Å². The maximum Gasteiger partial charge on any atom is 0.255 e. The second-order valence-corrected chi connectivity index (χ2v) is 4.97. The summed E-state index contributed by atoms with van der Waals surface area (Å²) in [6, 6.07) is 9.63. The summed E-state index contributed by atoms with van der Waals surface area (Å²) in [7, 11) is 1.96. The average Bonchev–Trinajstić information content (AvgIpc) is 2.38. The lowest BCUT2D eigenvalue weighted by Gasteiger charge is -2.34. The van der Waals surface area contributed by atoms with Gasteiger partial charge in [-0.1, -0.05) is 44.2 Å². The van der Waals surface area contributed by atoms with Gasteiger partial charge < -0.3 is 0 Å². The van der Waals surface area contributed by atoms with Crippen LogP contribution in [0.1, 0.15) is 32.4 Å². The zero-order valence-corrected chi connectivity index (χ0v) is 11.6. The molecule has 18 heavy (non-hydrogen) atoms. The summed E-state index contributed by atoms with van der Waals surface area (Å²) in [5.41, 5.74) is 3.21. The molecule has 2 atom stereocenters. The predicted molar refractivity (Wildman–Crippen MR) is 73.6 cm³/mol. The van der Waals surface area contributed by atoms with Crippen LogP contribution in [0.3, 0.4) is 0 Å². The highest BCUT2D eigenvalue weighted by atomic mass is 16.2. The molecule has 0 fully saturated rings. The Morgan fingerprint density at radius 3 is 2.22 bits per heavy atom. The standard InChI is InChI=1S/C14H23N3O/c1-10(2)11(3)17(4)13(14(18)16-15)12-8-6-5-7-9-12/h5-11,13H,15H2,1-4H3,(H,16,18). The molecule has 0 heterocycles. The molecule has 1 amide bonds. The molecule has 0 aliphatic heterocycles. The molecule has 1 rings (SSSR count). The van der Waals surface area contributed by atoms with Crippen molar-refractivity contribution in [3.05, 3.63) is 35.9 Å². The molecule has 1 aromatic rings. The molecule has 100 valence electrons. The van der Waals surface area contributed by atoms with Crippen molar-refractivity contribution in [3.8, 4) is 0 Å². The predicted octanol–water partition coefficient (Wildman–Crippen LogP) is 1.69. The maximum atomic E-state index is 12.0. The number of hydrogen-bond acceptors (Lipinski definition) is 3. The Morgan fingerprint density at radius 1 is 1.22 bits per heavy atom. The first kappa shape index (κ1) is 14.7. The summed E-state index contributed by atoms with van der Waals surface area (Å²) in [6.45, 7) is 6.40. The van der Waals surface area contributed by atoms with Crippen molar-refractivity contribution >= 4 is 5.91 Å².